The molecule has 0 saturated carbocycles. The summed E-state index contributed by atoms with van der Waals surface area (Å²) >= 11 is 6.48. The van der Waals surface area contributed by atoms with Crippen LogP contribution in [0.4, 0.5) is 0 Å². The first-order chi connectivity index (χ1) is 12.5. The number of rotatable bonds is 5. The zero-order valence-corrected chi connectivity index (χ0v) is 17.4. The van der Waals surface area contributed by atoms with E-state index in [0.717, 1.165) is 19.9 Å². The number of thiophene rings is 1. The van der Waals surface area contributed by atoms with Gasteiger partial charge in [-0.1, -0.05) is 12.1 Å². The average Bonchev–Trinajstić information content (AvgIpc) is 3.30. The highest BCUT2D eigenvalue weighted by molar-refractivity contribution is 9.10. The van der Waals surface area contributed by atoms with Gasteiger partial charge in [0.25, 0.3) is 11.8 Å². The van der Waals surface area contributed by atoms with Crippen molar-refractivity contribution in [1.82, 2.24) is 15.2 Å². The molecule has 0 aliphatic carbocycles. The lowest BCUT2D eigenvalue weighted by Crippen LogP contribution is -2.26. The van der Waals surface area contributed by atoms with Crippen LogP contribution < -0.4 is 5.32 Å². The summed E-state index contributed by atoms with van der Waals surface area (Å²) in [4.78, 5) is 31.3. The highest BCUT2D eigenvalue weighted by atomic mass is 79.9. The molecular formula is C18H16BrN3O2S2. The molecule has 0 saturated heterocycles. The number of amides is 2. The normalized spacial score (nSPS) is 10.6. The maximum absolute atomic E-state index is 12.6. The molecule has 3 aromatic rings. The first-order valence-corrected chi connectivity index (χ1v) is 10.3. The van der Waals surface area contributed by atoms with Crippen LogP contribution in [0.3, 0.4) is 0 Å². The van der Waals surface area contributed by atoms with E-state index in [1.807, 2.05) is 23.6 Å². The molecule has 134 valence electrons. The number of benzene rings is 1. The molecule has 0 bridgehead atoms. The van der Waals surface area contributed by atoms with E-state index in [1.165, 1.54) is 11.3 Å². The highest BCUT2D eigenvalue weighted by Crippen LogP contribution is 2.32. The number of hydrogen-bond donors (Lipinski definition) is 1. The van der Waals surface area contributed by atoms with Crippen molar-refractivity contribution in [3.8, 4) is 9.88 Å². The van der Waals surface area contributed by atoms with Crippen LogP contribution in [0.2, 0.25) is 0 Å². The Balaban J connectivity index is 1.68. The third-order valence-electron chi connectivity index (χ3n) is 3.71. The Morgan fingerprint density at radius 3 is 2.54 bits per heavy atom. The minimum absolute atomic E-state index is 0.126. The molecule has 2 aromatic heterocycles. The van der Waals surface area contributed by atoms with Crippen molar-refractivity contribution < 1.29 is 9.59 Å². The second-order valence-corrected chi connectivity index (χ2v) is 8.29. The predicted octanol–water partition coefficient (Wildman–Crippen LogP) is 4.27. The van der Waals surface area contributed by atoms with Gasteiger partial charge in [-0.05, 0) is 39.7 Å². The van der Waals surface area contributed by atoms with Gasteiger partial charge in [-0.25, -0.2) is 4.98 Å². The van der Waals surface area contributed by atoms with Gasteiger partial charge in [-0.15, -0.1) is 22.7 Å². The van der Waals surface area contributed by atoms with Crippen LogP contribution in [0.25, 0.3) is 9.88 Å². The fourth-order valence-electron chi connectivity index (χ4n) is 2.36. The molecule has 2 heterocycles. The lowest BCUT2D eigenvalue weighted by atomic mass is 10.1. The third-order valence-corrected chi connectivity index (χ3v) is 6.41. The molecule has 5 nitrogen and oxygen atoms in total. The largest absolute Gasteiger partial charge is 0.355 e. The first-order valence-electron chi connectivity index (χ1n) is 7.74. The Hall–Kier alpha value is -2.03. The summed E-state index contributed by atoms with van der Waals surface area (Å²) in [5.74, 6) is -0.255. The van der Waals surface area contributed by atoms with Gasteiger partial charge in [0.2, 0.25) is 0 Å². The minimum Gasteiger partial charge on any atom is -0.355 e. The average molecular weight is 450 g/mol. The van der Waals surface area contributed by atoms with Crippen LogP contribution >= 0.6 is 38.6 Å². The molecule has 0 atom stereocenters. The fourth-order valence-corrected chi connectivity index (χ4v) is 4.66. The SMILES string of the molecule is CNC(=O)c1ccc(CN(C)C(=O)c2csc(-c3cc(Br)cs3)n2)cc1. The van der Waals surface area contributed by atoms with E-state index in [0.29, 0.717) is 17.8 Å². The summed E-state index contributed by atoms with van der Waals surface area (Å²) in [6, 6.07) is 9.20. The summed E-state index contributed by atoms with van der Waals surface area (Å²) in [5.41, 5.74) is 1.99. The molecule has 1 N–H and O–H groups in total. The molecule has 0 fully saturated rings. The lowest BCUT2D eigenvalue weighted by Gasteiger charge is -2.16. The summed E-state index contributed by atoms with van der Waals surface area (Å²) in [6.07, 6.45) is 0. The van der Waals surface area contributed by atoms with E-state index in [1.54, 1.807) is 47.8 Å². The molecule has 0 spiro atoms. The maximum Gasteiger partial charge on any atom is 0.273 e. The molecular weight excluding hydrogens is 434 g/mol. The minimum atomic E-state index is -0.129. The van der Waals surface area contributed by atoms with Crippen molar-refractivity contribution in [2.45, 2.75) is 6.54 Å². The van der Waals surface area contributed by atoms with Gasteiger partial charge < -0.3 is 10.2 Å². The number of aromatic nitrogens is 1. The molecule has 8 heteroatoms. The molecule has 0 aliphatic heterocycles. The van der Waals surface area contributed by atoms with Crippen molar-refractivity contribution in [3.05, 3.63) is 62.4 Å². The second kappa shape index (κ2) is 8.11. The molecule has 1 aromatic carbocycles. The quantitative estimate of drug-likeness (QED) is 0.632. The van der Waals surface area contributed by atoms with Gasteiger partial charge in [-0.3, -0.25) is 9.59 Å². The van der Waals surface area contributed by atoms with Crippen molar-refractivity contribution in [1.29, 1.82) is 0 Å². The van der Waals surface area contributed by atoms with Crippen LogP contribution in [-0.2, 0) is 6.54 Å². The Labute approximate surface area is 167 Å². The Morgan fingerprint density at radius 1 is 1.19 bits per heavy atom. The van der Waals surface area contributed by atoms with Gasteiger partial charge in [0, 0.05) is 41.4 Å². The topological polar surface area (TPSA) is 62.3 Å². The van der Waals surface area contributed by atoms with E-state index in [2.05, 4.69) is 26.2 Å². The first kappa shape index (κ1) is 18.8. The zero-order chi connectivity index (χ0) is 18.7. The molecule has 0 unspecified atom stereocenters. The number of carbonyl (C=O) groups excluding carboxylic acids is 2. The van der Waals surface area contributed by atoms with Gasteiger partial charge in [0.15, 0.2) is 0 Å². The number of carbonyl (C=O) groups is 2. The van der Waals surface area contributed by atoms with E-state index < -0.39 is 0 Å². The van der Waals surface area contributed by atoms with E-state index in [-0.39, 0.29) is 11.8 Å². The molecule has 0 aliphatic rings. The molecule has 26 heavy (non-hydrogen) atoms. The Morgan fingerprint density at radius 2 is 1.92 bits per heavy atom. The number of nitrogens with zero attached hydrogens (tertiary/aromatic N) is 2. The maximum atomic E-state index is 12.6. The third kappa shape index (κ3) is 4.20. The molecule has 2 amide bonds. The van der Waals surface area contributed by atoms with Crippen molar-refractivity contribution in [3.63, 3.8) is 0 Å². The fraction of sp³-hybridized carbons (Fsp3) is 0.167. The van der Waals surface area contributed by atoms with Crippen LogP contribution in [0.1, 0.15) is 26.4 Å². The summed E-state index contributed by atoms with van der Waals surface area (Å²) in [6.45, 7) is 0.449. The molecule has 3 rings (SSSR count). The smallest absolute Gasteiger partial charge is 0.273 e. The number of nitrogens with one attached hydrogen (secondary N) is 1. The number of hydrogen-bond acceptors (Lipinski definition) is 5. The summed E-state index contributed by atoms with van der Waals surface area (Å²) < 4.78 is 1.01. The summed E-state index contributed by atoms with van der Waals surface area (Å²) in [5, 5.41) is 7.21. The van der Waals surface area contributed by atoms with Gasteiger partial charge in [0.1, 0.15) is 10.7 Å². The second-order valence-electron chi connectivity index (χ2n) is 5.60. The van der Waals surface area contributed by atoms with Gasteiger partial charge in [0.05, 0.1) is 4.88 Å². The van der Waals surface area contributed by atoms with E-state index in [4.69, 9.17) is 0 Å². The van der Waals surface area contributed by atoms with Crippen molar-refractivity contribution >= 4 is 50.4 Å². The highest BCUT2D eigenvalue weighted by Gasteiger charge is 2.17. The van der Waals surface area contributed by atoms with Gasteiger partial charge in [-0.2, -0.15) is 0 Å². The Kier molecular flexibility index (Phi) is 5.85. The van der Waals surface area contributed by atoms with Gasteiger partial charge >= 0.3 is 0 Å². The van der Waals surface area contributed by atoms with Crippen LogP contribution in [0.5, 0.6) is 0 Å². The van der Waals surface area contributed by atoms with E-state index in [9.17, 15) is 9.59 Å². The van der Waals surface area contributed by atoms with Crippen molar-refractivity contribution in [2.24, 2.45) is 0 Å². The van der Waals surface area contributed by atoms with Crippen LogP contribution in [-0.4, -0.2) is 35.8 Å². The monoisotopic (exact) mass is 449 g/mol. The van der Waals surface area contributed by atoms with E-state index >= 15 is 0 Å². The zero-order valence-electron chi connectivity index (χ0n) is 14.2. The number of thiazole rings is 1. The number of halogens is 1. The summed E-state index contributed by atoms with van der Waals surface area (Å²) in [7, 11) is 3.34. The standard InChI is InChI=1S/C18H16BrN3O2S2/c1-20-16(23)12-5-3-11(4-6-12)8-22(2)18(24)14-10-26-17(21-14)15-7-13(19)9-25-15/h3-7,9-10H,8H2,1-2H3,(H,20,23). The lowest BCUT2D eigenvalue weighted by molar-refractivity contribution is 0.0779. The van der Waals surface area contributed by atoms with Crippen LogP contribution in [0.15, 0.2) is 45.6 Å². The Bertz CT molecular complexity index is 934. The van der Waals surface area contributed by atoms with Crippen molar-refractivity contribution in [2.75, 3.05) is 14.1 Å². The predicted molar refractivity (Wildman–Crippen MR) is 109 cm³/mol. The molecule has 0 radical (unpaired) electrons. The van der Waals surface area contributed by atoms with Crippen LogP contribution in [0, 0.1) is 0 Å².